The Morgan fingerprint density at radius 2 is 1.89 bits per heavy atom. The Morgan fingerprint density at radius 3 is 2.50 bits per heavy atom. The molecule has 18 heavy (non-hydrogen) atoms. The Labute approximate surface area is 125 Å². The number of hydrogen-bond acceptors (Lipinski definition) is 2. The van der Waals surface area contributed by atoms with Crippen molar-refractivity contribution in [3.63, 3.8) is 0 Å². The van der Waals surface area contributed by atoms with E-state index in [1.54, 1.807) is 11.3 Å². The van der Waals surface area contributed by atoms with E-state index in [-0.39, 0.29) is 6.04 Å². The fourth-order valence-electron chi connectivity index (χ4n) is 1.98. The molecule has 96 valence electrons. The van der Waals surface area contributed by atoms with Crippen molar-refractivity contribution in [1.29, 1.82) is 0 Å². The van der Waals surface area contributed by atoms with Crippen LogP contribution in [-0.4, -0.2) is 0 Å². The SMILES string of the molecule is CC(NC(C)c1sccc1Br)c1ccccc1Cl. The van der Waals surface area contributed by atoms with Gasteiger partial charge in [0.15, 0.2) is 0 Å². The maximum Gasteiger partial charge on any atom is 0.0453 e. The normalized spacial score (nSPS) is 14.4. The van der Waals surface area contributed by atoms with Gasteiger partial charge in [0, 0.05) is 26.5 Å². The molecule has 0 aliphatic rings. The molecule has 1 aromatic carbocycles. The minimum atomic E-state index is 0.225. The standard InChI is InChI=1S/C14H15BrClNS/c1-9(11-5-3-4-6-13(11)16)17-10(2)14-12(15)7-8-18-14/h3-10,17H,1-2H3. The molecule has 0 saturated heterocycles. The van der Waals surface area contributed by atoms with Gasteiger partial charge in [0.1, 0.15) is 0 Å². The van der Waals surface area contributed by atoms with Crippen molar-refractivity contribution < 1.29 is 0 Å². The van der Waals surface area contributed by atoms with Crippen LogP contribution in [-0.2, 0) is 0 Å². The van der Waals surface area contributed by atoms with Gasteiger partial charge in [-0.15, -0.1) is 11.3 Å². The fraction of sp³-hybridized carbons (Fsp3) is 0.286. The molecule has 2 rings (SSSR count). The lowest BCUT2D eigenvalue weighted by Crippen LogP contribution is -2.22. The summed E-state index contributed by atoms with van der Waals surface area (Å²) in [4.78, 5) is 1.31. The summed E-state index contributed by atoms with van der Waals surface area (Å²) < 4.78 is 1.17. The average Bonchev–Trinajstić information content (AvgIpc) is 2.76. The van der Waals surface area contributed by atoms with Gasteiger partial charge in [-0.25, -0.2) is 0 Å². The smallest absolute Gasteiger partial charge is 0.0453 e. The van der Waals surface area contributed by atoms with Crippen LogP contribution in [0.4, 0.5) is 0 Å². The van der Waals surface area contributed by atoms with Gasteiger partial charge >= 0.3 is 0 Å². The zero-order chi connectivity index (χ0) is 13.1. The molecule has 0 radical (unpaired) electrons. The van der Waals surface area contributed by atoms with E-state index >= 15 is 0 Å². The van der Waals surface area contributed by atoms with Crippen molar-refractivity contribution in [2.24, 2.45) is 0 Å². The zero-order valence-electron chi connectivity index (χ0n) is 10.3. The maximum absolute atomic E-state index is 6.21. The third-order valence-corrected chi connectivity index (χ3v) is 5.31. The maximum atomic E-state index is 6.21. The summed E-state index contributed by atoms with van der Waals surface area (Å²) in [5, 5.41) is 6.49. The van der Waals surface area contributed by atoms with Crippen molar-refractivity contribution in [1.82, 2.24) is 5.32 Å². The number of benzene rings is 1. The predicted molar refractivity (Wildman–Crippen MR) is 83.4 cm³/mol. The summed E-state index contributed by atoms with van der Waals surface area (Å²) in [7, 11) is 0. The first-order valence-corrected chi connectivity index (χ1v) is 7.88. The summed E-state index contributed by atoms with van der Waals surface area (Å²) in [6.45, 7) is 4.31. The van der Waals surface area contributed by atoms with Crippen LogP contribution in [0.2, 0.25) is 5.02 Å². The third kappa shape index (κ3) is 3.15. The van der Waals surface area contributed by atoms with Crippen LogP contribution < -0.4 is 5.32 Å². The topological polar surface area (TPSA) is 12.0 Å². The van der Waals surface area contributed by atoms with Gasteiger partial charge < -0.3 is 5.32 Å². The Bertz CT molecular complexity index is 526. The Kier molecular flexibility index (Phi) is 4.84. The van der Waals surface area contributed by atoms with E-state index in [0.29, 0.717) is 6.04 Å². The highest BCUT2D eigenvalue weighted by atomic mass is 79.9. The molecule has 1 nitrogen and oxygen atoms in total. The second-order valence-electron chi connectivity index (χ2n) is 4.26. The van der Waals surface area contributed by atoms with Crippen LogP contribution in [0, 0.1) is 0 Å². The van der Waals surface area contributed by atoms with Crippen LogP contribution in [0.1, 0.15) is 36.4 Å². The van der Waals surface area contributed by atoms with Crippen molar-refractivity contribution in [3.05, 3.63) is 55.6 Å². The molecule has 4 heteroatoms. The Morgan fingerprint density at radius 1 is 1.17 bits per heavy atom. The molecular formula is C14H15BrClNS. The van der Waals surface area contributed by atoms with E-state index < -0.39 is 0 Å². The van der Waals surface area contributed by atoms with E-state index in [1.165, 1.54) is 9.35 Å². The average molecular weight is 345 g/mol. The number of rotatable bonds is 4. The summed E-state index contributed by atoms with van der Waals surface area (Å²) in [6.07, 6.45) is 0. The molecule has 2 unspecified atom stereocenters. The van der Waals surface area contributed by atoms with E-state index in [1.807, 2.05) is 18.2 Å². The highest BCUT2D eigenvalue weighted by molar-refractivity contribution is 9.10. The summed E-state index contributed by atoms with van der Waals surface area (Å²) in [5.41, 5.74) is 1.14. The first-order chi connectivity index (χ1) is 8.59. The van der Waals surface area contributed by atoms with Crippen LogP contribution in [0.5, 0.6) is 0 Å². The summed E-state index contributed by atoms with van der Waals surface area (Å²) in [6, 6.07) is 10.6. The number of thiophene rings is 1. The second kappa shape index (κ2) is 6.20. The molecule has 2 atom stereocenters. The van der Waals surface area contributed by atoms with Crippen molar-refractivity contribution in [3.8, 4) is 0 Å². The molecule has 0 bridgehead atoms. The van der Waals surface area contributed by atoms with E-state index in [9.17, 15) is 0 Å². The molecule has 1 heterocycles. The summed E-state index contributed by atoms with van der Waals surface area (Å²) in [5.74, 6) is 0. The first kappa shape index (κ1) is 14.1. The highest BCUT2D eigenvalue weighted by Crippen LogP contribution is 2.31. The zero-order valence-corrected chi connectivity index (χ0v) is 13.4. The fourth-order valence-corrected chi connectivity index (χ4v) is 4.01. The molecule has 2 aromatic rings. The molecule has 0 aliphatic heterocycles. The minimum absolute atomic E-state index is 0.225. The molecular weight excluding hydrogens is 330 g/mol. The lowest BCUT2D eigenvalue weighted by atomic mass is 10.1. The van der Waals surface area contributed by atoms with E-state index in [2.05, 4.69) is 52.6 Å². The van der Waals surface area contributed by atoms with Gasteiger partial charge in [0.05, 0.1) is 0 Å². The van der Waals surface area contributed by atoms with Gasteiger partial charge in [-0.1, -0.05) is 29.8 Å². The lowest BCUT2D eigenvalue weighted by Gasteiger charge is -2.20. The molecule has 1 N–H and O–H groups in total. The first-order valence-electron chi connectivity index (χ1n) is 5.83. The van der Waals surface area contributed by atoms with Crippen LogP contribution in [0.15, 0.2) is 40.2 Å². The van der Waals surface area contributed by atoms with Gasteiger partial charge in [0.25, 0.3) is 0 Å². The van der Waals surface area contributed by atoms with Crippen LogP contribution >= 0.6 is 38.9 Å². The largest absolute Gasteiger partial charge is 0.303 e. The summed E-state index contributed by atoms with van der Waals surface area (Å²) >= 11 is 11.5. The van der Waals surface area contributed by atoms with Gasteiger partial charge in [0.2, 0.25) is 0 Å². The van der Waals surface area contributed by atoms with E-state index in [0.717, 1.165) is 10.6 Å². The van der Waals surface area contributed by atoms with Crippen molar-refractivity contribution in [2.75, 3.05) is 0 Å². The molecule has 0 saturated carbocycles. The predicted octanol–water partition coefficient (Wildman–Crippen LogP) is 5.58. The number of nitrogens with one attached hydrogen (secondary N) is 1. The number of hydrogen-bond donors (Lipinski definition) is 1. The monoisotopic (exact) mass is 343 g/mol. The number of halogens is 2. The molecule has 0 fully saturated rings. The van der Waals surface area contributed by atoms with Crippen molar-refractivity contribution >= 4 is 38.9 Å². The quantitative estimate of drug-likeness (QED) is 0.764. The van der Waals surface area contributed by atoms with Gasteiger partial charge in [-0.3, -0.25) is 0 Å². The molecule has 0 aliphatic carbocycles. The van der Waals surface area contributed by atoms with E-state index in [4.69, 9.17) is 11.6 Å². The lowest BCUT2D eigenvalue weighted by molar-refractivity contribution is 0.499. The Hall–Kier alpha value is -0.350. The molecule has 0 amide bonds. The third-order valence-electron chi connectivity index (χ3n) is 2.91. The van der Waals surface area contributed by atoms with Crippen LogP contribution in [0.25, 0.3) is 0 Å². The molecule has 0 spiro atoms. The second-order valence-corrected chi connectivity index (χ2v) is 6.47. The minimum Gasteiger partial charge on any atom is -0.303 e. The van der Waals surface area contributed by atoms with Gasteiger partial charge in [-0.2, -0.15) is 0 Å². The van der Waals surface area contributed by atoms with Gasteiger partial charge in [-0.05, 0) is 52.9 Å². The van der Waals surface area contributed by atoms with Crippen LogP contribution in [0.3, 0.4) is 0 Å². The van der Waals surface area contributed by atoms with Crippen molar-refractivity contribution in [2.45, 2.75) is 25.9 Å². The molecule has 1 aromatic heterocycles. The highest BCUT2D eigenvalue weighted by Gasteiger charge is 2.15. The Balaban J connectivity index is 2.11.